The number of rotatable bonds is 1. The molecule has 1 heteroatoms. The van der Waals surface area contributed by atoms with Crippen molar-refractivity contribution in [2.45, 2.75) is 119 Å². The second kappa shape index (κ2) is 6.64. The second-order valence-corrected chi connectivity index (χ2v) is 14.7. The van der Waals surface area contributed by atoms with Crippen molar-refractivity contribution in [3.8, 4) is 0 Å². The van der Waals surface area contributed by atoms with E-state index >= 15 is 0 Å². The second-order valence-electron chi connectivity index (χ2n) is 14.7. The van der Waals surface area contributed by atoms with Gasteiger partial charge in [-0.25, -0.2) is 0 Å². The van der Waals surface area contributed by atoms with Gasteiger partial charge in [-0.2, -0.15) is 0 Å². The summed E-state index contributed by atoms with van der Waals surface area (Å²) in [5.41, 5.74) is 3.48. The smallest absolute Gasteiger partial charge is 0.0628 e. The van der Waals surface area contributed by atoms with Crippen molar-refractivity contribution >= 4 is 0 Å². The molecule has 0 radical (unpaired) electrons. The van der Waals surface area contributed by atoms with E-state index in [0.29, 0.717) is 27.6 Å². The molecular weight excluding hydrogens is 376 g/mol. The fraction of sp³-hybridized carbons (Fsp3) is 0.933. The van der Waals surface area contributed by atoms with E-state index in [1.165, 1.54) is 51.4 Å². The summed E-state index contributed by atoms with van der Waals surface area (Å²) >= 11 is 0. The first-order chi connectivity index (χ1) is 14.3. The van der Waals surface area contributed by atoms with Crippen LogP contribution in [0, 0.1) is 56.7 Å². The number of allylic oxidation sites excluding steroid dienone is 1. The number of hydrogen-bond acceptors (Lipinski definition) is 1. The third-order valence-corrected chi connectivity index (χ3v) is 13.1. The highest BCUT2D eigenvalue weighted by Crippen LogP contribution is 2.77. The number of fused-ring (bicyclic) bond motifs is 7. The normalized spacial score (nSPS) is 55.7. The van der Waals surface area contributed by atoms with Crippen molar-refractivity contribution in [1.82, 2.24) is 0 Å². The van der Waals surface area contributed by atoms with Gasteiger partial charge in [-0.1, -0.05) is 67.0 Å². The van der Waals surface area contributed by atoms with Gasteiger partial charge in [-0.3, -0.25) is 0 Å². The van der Waals surface area contributed by atoms with Crippen LogP contribution < -0.4 is 0 Å². The molecular formula is C30H50O. The van der Waals surface area contributed by atoms with Crippen molar-refractivity contribution in [2.75, 3.05) is 0 Å². The molecule has 31 heavy (non-hydrogen) atoms. The first-order valence-electron chi connectivity index (χ1n) is 13.7. The van der Waals surface area contributed by atoms with E-state index in [1.54, 1.807) is 5.57 Å². The number of aliphatic hydroxyl groups excluding tert-OH is 1. The van der Waals surface area contributed by atoms with Crippen molar-refractivity contribution in [3.05, 3.63) is 11.6 Å². The van der Waals surface area contributed by atoms with Crippen molar-refractivity contribution in [2.24, 2.45) is 56.7 Å². The predicted octanol–water partition coefficient (Wildman–Crippen LogP) is 8.02. The summed E-state index contributed by atoms with van der Waals surface area (Å²) in [5, 5.41) is 10.8. The van der Waals surface area contributed by atoms with Gasteiger partial charge in [-0.05, 0) is 109 Å². The van der Waals surface area contributed by atoms with Gasteiger partial charge in [-0.15, -0.1) is 0 Å². The summed E-state index contributed by atoms with van der Waals surface area (Å²) in [5.74, 6) is 4.12. The van der Waals surface area contributed by atoms with Crippen LogP contribution in [0.4, 0.5) is 0 Å². The van der Waals surface area contributed by atoms with Crippen molar-refractivity contribution < 1.29 is 5.11 Å². The largest absolute Gasteiger partial charge is 0.392 e. The van der Waals surface area contributed by atoms with E-state index in [-0.39, 0.29) is 11.5 Å². The lowest BCUT2D eigenvalue weighted by Gasteiger charge is -2.72. The van der Waals surface area contributed by atoms with Gasteiger partial charge >= 0.3 is 0 Å². The van der Waals surface area contributed by atoms with Gasteiger partial charge < -0.3 is 5.11 Å². The quantitative estimate of drug-likeness (QED) is 0.421. The van der Waals surface area contributed by atoms with E-state index in [4.69, 9.17) is 0 Å². The first kappa shape index (κ1) is 22.5. The summed E-state index contributed by atoms with van der Waals surface area (Å²) in [4.78, 5) is 0. The average Bonchev–Trinajstić information content (AvgIpc) is 3.06. The predicted molar refractivity (Wildman–Crippen MR) is 131 cm³/mol. The molecule has 0 heterocycles. The van der Waals surface area contributed by atoms with Crippen LogP contribution >= 0.6 is 0 Å². The minimum absolute atomic E-state index is 0.0438. The van der Waals surface area contributed by atoms with E-state index in [2.05, 4.69) is 61.5 Å². The van der Waals surface area contributed by atoms with Gasteiger partial charge in [0.25, 0.3) is 0 Å². The molecule has 176 valence electrons. The lowest BCUT2D eigenvalue weighted by molar-refractivity contribution is -0.217. The molecule has 9 atom stereocenters. The Labute approximate surface area is 192 Å². The Balaban J connectivity index is 1.58. The number of aliphatic hydroxyl groups is 1. The Morgan fingerprint density at radius 3 is 2.19 bits per heavy atom. The highest BCUT2D eigenvalue weighted by atomic mass is 16.3. The Bertz CT molecular complexity index is 777. The molecule has 0 saturated heterocycles. The first-order valence-corrected chi connectivity index (χ1v) is 13.7. The maximum absolute atomic E-state index is 10.8. The van der Waals surface area contributed by atoms with Crippen LogP contribution in [0.3, 0.4) is 0 Å². The highest BCUT2D eigenvalue weighted by molar-refractivity contribution is 5.30. The van der Waals surface area contributed by atoms with Crippen molar-refractivity contribution in [1.29, 1.82) is 0 Å². The fourth-order valence-corrected chi connectivity index (χ4v) is 11.0. The lowest BCUT2D eigenvalue weighted by Crippen LogP contribution is -2.65. The summed E-state index contributed by atoms with van der Waals surface area (Å²) in [6, 6.07) is 0. The molecule has 1 nitrogen and oxygen atoms in total. The standard InChI is InChI=1S/C30H50O/c1-19(2)20-13-14-27(5)15-17-29(7)23-11-9-21-22(10-12-24(31)26(21,3)4)28(23,6)16-18-30(29,8)25(20)27/h9,19-20,22-25,31H,10-18H2,1-8H3/t20-,22-,23+,24-,25-,27-,28-,29-,30+/m0/s1. The maximum atomic E-state index is 10.8. The van der Waals surface area contributed by atoms with Crippen LogP contribution in [0.25, 0.3) is 0 Å². The monoisotopic (exact) mass is 426 g/mol. The molecule has 5 aliphatic carbocycles. The number of hydrogen-bond donors (Lipinski definition) is 1. The fourth-order valence-electron chi connectivity index (χ4n) is 11.0. The van der Waals surface area contributed by atoms with Crippen molar-refractivity contribution in [3.63, 3.8) is 0 Å². The minimum atomic E-state index is -0.166. The Morgan fingerprint density at radius 2 is 1.52 bits per heavy atom. The van der Waals surface area contributed by atoms with Gasteiger partial charge in [0, 0.05) is 5.41 Å². The molecule has 0 aromatic heterocycles. The summed E-state index contributed by atoms with van der Waals surface area (Å²) in [6.45, 7) is 20.5. The molecule has 0 aromatic carbocycles. The van der Waals surface area contributed by atoms with Crippen LogP contribution in [0.2, 0.25) is 0 Å². The maximum Gasteiger partial charge on any atom is 0.0628 e. The Morgan fingerprint density at radius 1 is 0.839 bits per heavy atom. The molecule has 0 aliphatic heterocycles. The minimum Gasteiger partial charge on any atom is -0.392 e. The molecule has 4 fully saturated rings. The average molecular weight is 427 g/mol. The van der Waals surface area contributed by atoms with E-state index in [0.717, 1.165) is 30.1 Å². The zero-order chi connectivity index (χ0) is 22.6. The zero-order valence-electron chi connectivity index (χ0n) is 21.9. The lowest BCUT2D eigenvalue weighted by atomic mass is 9.33. The van der Waals surface area contributed by atoms with E-state index in [1.807, 2.05) is 0 Å². The van der Waals surface area contributed by atoms with E-state index < -0.39 is 0 Å². The summed E-state index contributed by atoms with van der Waals surface area (Å²) in [6.07, 6.45) is 14.5. The molecule has 4 saturated carbocycles. The van der Waals surface area contributed by atoms with Crippen LogP contribution in [0.5, 0.6) is 0 Å². The molecule has 0 aromatic rings. The Hall–Kier alpha value is -0.300. The molecule has 0 unspecified atom stereocenters. The molecule has 0 bridgehead atoms. The summed E-state index contributed by atoms with van der Waals surface area (Å²) < 4.78 is 0. The molecule has 0 spiro atoms. The SMILES string of the molecule is CC(C)[C@@H]1CC[C@@]2(C)CC[C@@]3(C)[C@@H]4CC=C5[C@H](CC[C@H](O)C5(C)C)[C@]4(C)CC[C@]3(C)[C@@H]12. The van der Waals surface area contributed by atoms with E-state index in [9.17, 15) is 5.11 Å². The third-order valence-electron chi connectivity index (χ3n) is 13.1. The van der Waals surface area contributed by atoms with Crippen LogP contribution in [-0.2, 0) is 0 Å². The topological polar surface area (TPSA) is 20.2 Å². The molecule has 5 rings (SSSR count). The molecule has 1 N–H and O–H groups in total. The van der Waals surface area contributed by atoms with Crippen LogP contribution in [-0.4, -0.2) is 11.2 Å². The highest BCUT2D eigenvalue weighted by Gasteiger charge is 2.70. The van der Waals surface area contributed by atoms with Gasteiger partial charge in [0.2, 0.25) is 0 Å². The van der Waals surface area contributed by atoms with Gasteiger partial charge in [0.05, 0.1) is 6.10 Å². The zero-order valence-corrected chi connectivity index (χ0v) is 21.9. The van der Waals surface area contributed by atoms with Gasteiger partial charge in [0.1, 0.15) is 0 Å². The Kier molecular flexibility index (Phi) is 4.82. The van der Waals surface area contributed by atoms with Crippen LogP contribution in [0.15, 0.2) is 11.6 Å². The molecule has 5 aliphatic rings. The summed E-state index contributed by atoms with van der Waals surface area (Å²) in [7, 11) is 0. The third kappa shape index (κ3) is 2.65. The van der Waals surface area contributed by atoms with Gasteiger partial charge in [0.15, 0.2) is 0 Å². The molecule has 0 amide bonds. The van der Waals surface area contributed by atoms with Crippen LogP contribution in [0.1, 0.15) is 113 Å².